The van der Waals surface area contributed by atoms with Crippen LogP contribution in [0.4, 0.5) is 0 Å². The number of para-hydroxylation sites is 1. The first-order valence-electron chi connectivity index (χ1n) is 6.83. The van der Waals surface area contributed by atoms with Crippen molar-refractivity contribution < 1.29 is 4.74 Å². The molecule has 0 atom stereocenters. The number of alkyl halides is 1. The van der Waals surface area contributed by atoms with Crippen LogP contribution in [0.3, 0.4) is 0 Å². The van der Waals surface area contributed by atoms with Gasteiger partial charge in [-0.1, -0.05) is 46.3 Å². The summed E-state index contributed by atoms with van der Waals surface area (Å²) in [6, 6.07) is 16.4. The molecule has 3 aromatic rings. The maximum absolute atomic E-state index is 5.24. The third-order valence-corrected chi connectivity index (χ3v) is 4.26. The van der Waals surface area contributed by atoms with Crippen molar-refractivity contribution >= 4 is 26.8 Å². The highest BCUT2D eigenvalue weighted by Crippen LogP contribution is 2.33. The molecule has 21 heavy (non-hydrogen) atoms. The number of aryl methyl sites for hydroxylation is 1. The van der Waals surface area contributed by atoms with Crippen LogP contribution in [0.1, 0.15) is 11.3 Å². The average molecular weight is 342 g/mol. The van der Waals surface area contributed by atoms with Gasteiger partial charge in [0.25, 0.3) is 0 Å². The first-order valence-corrected chi connectivity index (χ1v) is 7.95. The maximum Gasteiger partial charge on any atom is 0.118 e. The van der Waals surface area contributed by atoms with Gasteiger partial charge < -0.3 is 4.74 Å². The Bertz CT molecular complexity index is 781. The highest BCUT2D eigenvalue weighted by molar-refractivity contribution is 9.08. The van der Waals surface area contributed by atoms with Gasteiger partial charge in [-0.2, -0.15) is 0 Å². The van der Waals surface area contributed by atoms with Crippen molar-refractivity contribution in [3.05, 3.63) is 59.8 Å². The molecule has 0 radical (unpaired) electrons. The Morgan fingerprint density at radius 3 is 2.43 bits per heavy atom. The van der Waals surface area contributed by atoms with E-state index in [0.29, 0.717) is 0 Å². The SMILES string of the molecule is COc1ccc(-c2c(CBr)nc3ccccc3c2C)cc1. The summed E-state index contributed by atoms with van der Waals surface area (Å²) >= 11 is 3.57. The molecule has 2 aromatic carbocycles. The van der Waals surface area contributed by atoms with Gasteiger partial charge in [-0.25, -0.2) is 0 Å². The number of ether oxygens (including phenoxy) is 1. The monoisotopic (exact) mass is 341 g/mol. The highest BCUT2D eigenvalue weighted by atomic mass is 79.9. The summed E-state index contributed by atoms with van der Waals surface area (Å²) in [7, 11) is 1.68. The minimum atomic E-state index is 0.736. The molecule has 0 saturated carbocycles. The molecule has 0 bridgehead atoms. The summed E-state index contributed by atoms with van der Waals surface area (Å²) in [6.45, 7) is 2.16. The number of halogens is 1. The lowest BCUT2D eigenvalue weighted by molar-refractivity contribution is 0.415. The second-order valence-electron chi connectivity index (χ2n) is 4.94. The van der Waals surface area contributed by atoms with Gasteiger partial charge in [-0.15, -0.1) is 0 Å². The standard InChI is InChI=1S/C18H16BrNO/c1-12-15-5-3-4-6-16(15)20-17(11-19)18(12)13-7-9-14(21-2)10-8-13/h3-10H,11H2,1-2H3. The Balaban J connectivity index is 2.26. The number of methoxy groups -OCH3 is 1. The number of pyridine rings is 1. The van der Waals surface area contributed by atoms with E-state index in [-0.39, 0.29) is 0 Å². The number of fused-ring (bicyclic) bond motifs is 1. The second kappa shape index (κ2) is 5.86. The van der Waals surface area contributed by atoms with E-state index in [0.717, 1.165) is 22.3 Å². The van der Waals surface area contributed by atoms with Crippen LogP contribution in [0, 0.1) is 6.92 Å². The third-order valence-electron chi connectivity index (χ3n) is 3.73. The molecule has 0 fully saturated rings. The lowest BCUT2D eigenvalue weighted by Crippen LogP contribution is -1.97. The lowest BCUT2D eigenvalue weighted by Gasteiger charge is -2.14. The molecule has 2 nitrogen and oxygen atoms in total. The number of aromatic nitrogens is 1. The van der Waals surface area contributed by atoms with Crippen LogP contribution in [-0.2, 0) is 5.33 Å². The molecule has 0 saturated heterocycles. The van der Waals surface area contributed by atoms with Crippen molar-refractivity contribution in [2.45, 2.75) is 12.3 Å². The number of rotatable bonds is 3. The highest BCUT2D eigenvalue weighted by Gasteiger charge is 2.13. The lowest BCUT2D eigenvalue weighted by atomic mass is 9.96. The number of benzene rings is 2. The Morgan fingerprint density at radius 1 is 1.05 bits per heavy atom. The van der Waals surface area contributed by atoms with Gasteiger partial charge in [0, 0.05) is 16.3 Å². The van der Waals surface area contributed by atoms with Crippen LogP contribution in [0.5, 0.6) is 5.75 Å². The van der Waals surface area contributed by atoms with Gasteiger partial charge in [0.2, 0.25) is 0 Å². The maximum atomic E-state index is 5.24. The van der Waals surface area contributed by atoms with E-state index in [1.807, 2.05) is 18.2 Å². The summed E-state index contributed by atoms with van der Waals surface area (Å²) in [5.41, 5.74) is 5.74. The Hall–Kier alpha value is -1.87. The predicted molar refractivity (Wildman–Crippen MR) is 91.1 cm³/mol. The molecule has 3 heteroatoms. The zero-order valence-electron chi connectivity index (χ0n) is 12.1. The van der Waals surface area contributed by atoms with Crippen LogP contribution in [0.25, 0.3) is 22.0 Å². The van der Waals surface area contributed by atoms with Crippen molar-refractivity contribution in [1.82, 2.24) is 4.98 Å². The smallest absolute Gasteiger partial charge is 0.118 e. The molecular weight excluding hydrogens is 326 g/mol. The van der Waals surface area contributed by atoms with Crippen LogP contribution < -0.4 is 4.74 Å². The van der Waals surface area contributed by atoms with Gasteiger partial charge >= 0.3 is 0 Å². The van der Waals surface area contributed by atoms with Crippen molar-refractivity contribution in [2.24, 2.45) is 0 Å². The van der Waals surface area contributed by atoms with Gasteiger partial charge in [0.05, 0.1) is 18.3 Å². The molecule has 1 heterocycles. The summed E-state index contributed by atoms with van der Waals surface area (Å²) in [5, 5.41) is 1.94. The summed E-state index contributed by atoms with van der Waals surface area (Å²) in [5.74, 6) is 0.866. The zero-order chi connectivity index (χ0) is 14.8. The molecule has 0 N–H and O–H groups in total. The largest absolute Gasteiger partial charge is 0.497 e. The fourth-order valence-electron chi connectivity index (χ4n) is 2.68. The minimum absolute atomic E-state index is 0.736. The van der Waals surface area contributed by atoms with Gasteiger partial charge in [-0.05, 0) is 36.2 Å². The van der Waals surface area contributed by atoms with Crippen molar-refractivity contribution in [3.63, 3.8) is 0 Å². The van der Waals surface area contributed by atoms with E-state index in [9.17, 15) is 0 Å². The van der Waals surface area contributed by atoms with Crippen molar-refractivity contribution in [1.29, 1.82) is 0 Å². The van der Waals surface area contributed by atoms with E-state index >= 15 is 0 Å². The van der Waals surface area contributed by atoms with Crippen LogP contribution in [0.15, 0.2) is 48.5 Å². The van der Waals surface area contributed by atoms with Crippen LogP contribution >= 0.6 is 15.9 Å². The summed E-state index contributed by atoms with van der Waals surface area (Å²) in [4.78, 5) is 4.80. The topological polar surface area (TPSA) is 22.1 Å². The Labute approximate surface area is 132 Å². The molecule has 0 amide bonds. The van der Waals surface area contributed by atoms with Crippen molar-refractivity contribution in [3.8, 4) is 16.9 Å². The van der Waals surface area contributed by atoms with Gasteiger partial charge in [0.15, 0.2) is 0 Å². The molecule has 0 aliphatic carbocycles. The first-order chi connectivity index (χ1) is 10.2. The fraction of sp³-hybridized carbons (Fsp3) is 0.167. The van der Waals surface area contributed by atoms with Gasteiger partial charge in [0.1, 0.15) is 5.75 Å². The molecular formula is C18H16BrNO. The number of nitrogens with zero attached hydrogens (tertiary/aromatic N) is 1. The van der Waals surface area contributed by atoms with E-state index in [1.54, 1.807) is 7.11 Å². The molecule has 106 valence electrons. The number of hydrogen-bond donors (Lipinski definition) is 0. The average Bonchev–Trinajstić information content (AvgIpc) is 2.55. The van der Waals surface area contributed by atoms with E-state index in [2.05, 4.69) is 53.2 Å². The quantitative estimate of drug-likeness (QED) is 0.617. The van der Waals surface area contributed by atoms with E-state index < -0.39 is 0 Å². The first kappa shape index (κ1) is 14.1. The zero-order valence-corrected chi connectivity index (χ0v) is 13.6. The normalized spacial score (nSPS) is 10.8. The van der Waals surface area contributed by atoms with Crippen molar-refractivity contribution in [2.75, 3.05) is 7.11 Å². The van der Waals surface area contributed by atoms with E-state index in [1.165, 1.54) is 22.1 Å². The molecule has 1 aromatic heterocycles. The summed E-state index contributed by atoms with van der Waals surface area (Å²) < 4.78 is 5.24. The van der Waals surface area contributed by atoms with Crippen LogP contribution in [-0.4, -0.2) is 12.1 Å². The molecule has 0 unspecified atom stereocenters. The predicted octanol–water partition coefficient (Wildman–Crippen LogP) is 5.11. The molecule has 3 rings (SSSR count). The second-order valence-corrected chi connectivity index (χ2v) is 5.50. The Morgan fingerprint density at radius 2 is 1.76 bits per heavy atom. The van der Waals surface area contributed by atoms with Crippen LogP contribution in [0.2, 0.25) is 0 Å². The Kier molecular flexibility index (Phi) is 3.93. The molecule has 0 aliphatic rings. The van der Waals surface area contributed by atoms with Gasteiger partial charge in [-0.3, -0.25) is 4.98 Å². The summed E-state index contributed by atoms with van der Waals surface area (Å²) in [6.07, 6.45) is 0. The minimum Gasteiger partial charge on any atom is -0.497 e. The third kappa shape index (κ3) is 2.54. The fourth-order valence-corrected chi connectivity index (χ4v) is 3.08. The molecule has 0 spiro atoms. The van der Waals surface area contributed by atoms with E-state index in [4.69, 9.17) is 9.72 Å². The number of hydrogen-bond acceptors (Lipinski definition) is 2. The molecule has 0 aliphatic heterocycles.